The van der Waals surface area contributed by atoms with Crippen LogP contribution >= 0.6 is 12.4 Å². The fourth-order valence-electron chi connectivity index (χ4n) is 2.51. The van der Waals surface area contributed by atoms with Crippen LogP contribution in [0, 0.1) is 0 Å². The Morgan fingerprint density at radius 3 is 1.45 bits per heavy atom. The lowest BCUT2D eigenvalue weighted by molar-refractivity contribution is 0.219. The maximum atomic E-state index is 8.79. The first kappa shape index (κ1) is 22.5. The molecule has 0 unspecified atom stereocenters. The molecule has 2 nitrogen and oxygen atoms in total. The van der Waals surface area contributed by atoms with Gasteiger partial charge >= 0.3 is 0 Å². The zero-order chi connectivity index (χ0) is 14.2. The van der Waals surface area contributed by atoms with Crippen molar-refractivity contribution in [3.8, 4) is 0 Å². The van der Waals surface area contributed by atoms with Crippen molar-refractivity contribution in [2.45, 2.75) is 84.0 Å². The number of aliphatic hydroxyl groups excluding tert-OH is 1. The van der Waals surface area contributed by atoms with Crippen LogP contribution in [0.3, 0.4) is 0 Å². The molecule has 0 aliphatic rings. The third kappa shape index (κ3) is 18.2. The van der Waals surface area contributed by atoms with Crippen LogP contribution in [0.5, 0.6) is 0 Å². The molecular weight excluding hydrogens is 270 g/mol. The van der Waals surface area contributed by atoms with E-state index in [2.05, 4.69) is 18.9 Å². The number of rotatable bonds is 15. The number of unbranched alkanes of at least 4 members (excludes halogenated alkanes) is 11. The molecule has 0 aromatic heterocycles. The molecule has 0 radical (unpaired) electrons. The summed E-state index contributed by atoms with van der Waals surface area (Å²) in [6.45, 7) is 4.52. The summed E-state index contributed by atoms with van der Waals surface area (Å²) in [5.41, 5.74) is 0. The highest BCUT2D eigenvalue weighted by molar-refractivity contribution is 5.85. The Hall–Kier alpha value is 0.210. The van der Waals surface area contributed by atoms with E-state index in [-0.39, 0.29) is 19.0 Å². The molecule has 0 heterocycles. The summed E-state index contributed by atoms with van der Waals surface area (Å²) in [6, 6.07) is 0. The molecule has 0 saturated carbocycles. The van der Waals surface area contributed by atoms with E-state index in [0.29, 0.717) is 0 Å². The third-order valence-electron chi connectivity index (χ3n) is 3.88. The van der Waals surface area contributed by atoms with Gasteiger partial charge in [0, 0.05) is 6.54 Å². The maximum Gasteiger partial charge on any atom is 0.0558 e. The van der Waals surface area contributed by atoms with Crippen molar-refractivity contribution in [1.82, 2.24) is 4.90 Å². The number of nitrogens with zero attached hydrogens (tertiary/aromatic N) is 1. The van der Waals surface area contributed by atoms with E-state index in [1.165, 1.54) is 77.0 Å². The third-order valence-corrected chi connectivity index (χ3v) is 3.88. The molecule has 124 valence electrons. The molecule has 0 saturated heterocycles. The molecule has 0 spiro atoms. The molecule has 0 atom stereocenters. The SMILES string of the molecule is CCCCCCCCCCCCCCN(C)CCO.Cl. The number of aliphatic hydroxyl groups is 1. The molecule has 1 N–H and O–H groups in total. The van der Waals surface area contributed by atoms with E-state index >= 15 is 0 Å². The highest BCUT2D eigenvalue weighted by Crippen LogP contribution is 2.11. The second-order valence-electron chi connectivity index (χ2n) is 5.92. The van der Waals surface area contributed by atoms with Gasteiger partial charge in [0.15, 0.2) is 0 Å². The van der Waals surface area contributed by atoms with Gasteiger partial charge < -0.3 is 10.0 Å². The molecule has 3 heteroatoms. The van der Waals surface area contributed by atoms with Crippen molar-refractivity contribution < 1.29 is 5.11 Å². The van der Waals surface area contributed by atoms with Gasteiger partial charge in [-0.2, -0.15) is 0 Å². The summed E-state index contributed by atoms with van der Waals surface area (Å²) in [7, 11) is 2.09. The van der Waals surface area contributed by atoms with Gasteiger partial charge in [-0.05, 0) is 20.0 Å². The Balaban J connectivity index is 0. The second-order valence-corrected chi connectivity index (χ2v) is 5.92. The molecule has 0 aromatic rings. The predicted molar refractivity (Wildman–Crippen MR) is 92.9 cm³/mol. The molecule has 0 aliphatic heterocycles. The van der Waals surface area contributed by atoms with Gasteiger partial charge in [0.05, 0.1) is 6.61 Å². The lowest BCUT2D eigenvalue weighted by Crippen LogP contribution is -2.23. The van der Waals surface area contributed by atoms with Crippen LogP contribution < -0.4 is 0 Å². The van der Waals surface area contributed by atoms with E-state index < -0.39 is 0 Å². The molecule has 0 aliphatic carbocycles. The van der Waals surface area contributed by atoms with Crippen LogP contribution in [0.25, 0.3) is 0 Å². The molecule has 0 aromatic carbocycles. The van der Waals surface area contributed by atoms with Crippen LogP contribution in [0.4, 0.5) is 0 Å². The van der Waals surface area contributed by atoms with Crippen LogP contribution in [0.15, 0.2) is 0 Å². The average Bonchev–Trinajstić information content (AvgIpc) is 2.40. The molecular formula is C17H38ClNO. The molecule has 0 bridgehead atoms. The number of likely N-dealkylation sites (N-methyl/N-ethyl adjacent to an activating group) is 1. The normalized spacial score (nSPS) is 10.8. The van der Waals surface area contributed by atoms with E-state index in [1.807, 2.05) is 0 Å². The van der Waals surface area contributed by atoms with Gasteiger partial charge in [0.25, 0.3) is 0 Å². The lowest BCUT2D eigenvalue weighted by atomic mass is 10.1. The highest BCUT2D eigenvalue weighted by atomic mass is 35.5. The highest BCUT2D eigenvalue weighted by Gasteiger charge is 1.97. The topological polar surface area (TPSA) is 23.5 Å². The van der Waals surface area contributed by atoms with Gasteiger partial charge in [-0.1, -0.05) is 77.6 Å². The quantitative estimate of drug-likeness (QED) is 0.429. The Kier molecular flexibility index (Phi) is 21.6. The summed E-state index contributed by atoms with van der Waals surface area (Å²) < 4.78 is 0. The van der Waals surface area contributed by atoms with E-state index in [0.717, 1.165) is 13.1 Å². The van der Waals surface area contributed by atoms with E-state index in [1.54, 1.807) is 0 Å². The average molecular weight is 308 g/mol. The van der Waals surface area contributed by atoms with Gasteiger partial charge in [-0.25, -0.2) is 0 Å². The minimum absolute atomic E-state index is 0. The smallest absolute Gasteiger partial charge is 0.0558 e. The van der Waals surface area contributed by atoms with Gasteiger partial charge in [0.1, 0.15) is 0 Å². The Labute approximate surface area is 133 Å². The van der Waals surface area contributed by atoms with Gasteiger partial charge in [0.2, 0.25) is 0 Å². The first-order valence-electron chi connectivity index (χ1n) is 8.60. The Bertz CT molecular complexity index is 167. The first-order valence-corrected chi connectivity index (χ1v) is 8.60. The minimum atomic E-state index is 0. The van der Waals surface area contributed by atoms with Crippen LogP contribution in [0.2, 0.25) is 0 Å². The van der Waals surface area contributed by atoms with Crippen molar-refractivity contribution >= 4 is 12.4 Å². The molecule has 0 fully saturated rings. The van der Waals surface area contributed by atoms with Crippen LogP contribution in [-0.2, 0) is 0 Å². The standard InChI is InChI=1S/C17H37NO.ClH/c1-3-4-5-6-7-8-9-10-11-12-13-14-15-18(2)16-17-19;/h19H,3-17H2,1-2H3;1H. The van der Waals surface area contributed by atoms with Crippen molar-refractivity contribution in [1.29, 1.82) is 0 Å². The van der Waals surface area contributed by atoms with E-state index in [9.17, 15) is 0 Å². The summed E-state index contributed by atoms with van der Waals surface area (Å²) >= 11 is 0. The molecule has 20 heavy (non-hydrogen) atoms. The summed E-state index contributed by atoms with van der Waals surface area (Å²) in [4.78, 5) is 2.22. The Morgan fingerprint density at radius 1 is 0.650 bits per heavy atom. The van der Waals surface area contributed by atoms with Crippen LogP contribution in [-0.4, -0.2) is 36.8 Å². The van der Waals surface area contributed by atoms with E-state index in [4.69, 9.17) is 5.11 Å². The summed E-state index contributed by atoms with van der Waals surface area (Å²) in [6.07, 6.45) is 16.9. The van der Waals surface area contributed by atoms with Gasteiger partial charge in [-0.15, -0.1) is 12.4 Å². The van der Waals surface area contributed by atoms with Crippen molar-refractivity contribution in [2.75, 3.05) is 26.7 Å². The zero-order valence-corrected chi connectivity index (χ0v) is 14.7. The predicted octanol–water partition coefficient (Wildman–Crippen LogP) is 5.03. The maximum absolute atomic E-state index is 8.79. The monoisotopic (exact) mass is 307 g/mol. The number of hydrogen-bond acceptors (Lipinski definition) is 2. The minimum Gasteiger partial charge on any atom is -0.395 e. The zero-order valence-electron chi connectivity index (χ0n) is 13.9. The summed E-state index contributed by atoms with van der Waals surface area (Å²) in [5, 5.41) is 8.79. The molecule has 0 rings (SSSR count). The lowest BCUT2D eigenvalue weighted by Gasteiger charge is -2.14. The number of halogens is 1. The summed E-state index contributed by atoms with van der Waals surface area (Å²) in [5.74, 6) is 0. The Morgan fingerprint density at radius 2 is 1.05 bits per heavy atom. The van der Waals surface area contributed by atoms with Crippen molar-refractivity contribution in [2.24, 2.45) is 0 Å². The van der Waals surface area contributed by atoms with Crippen molar-refractivity contribution in [3.63, 3.8) is 0 Å². The number of hydrogen-bond donors (Lipinski definition) is 1. The second kappa shape index (κ2) is 19.2. The fraction of sp³-hybridized carbons (Fsp3) is 1.00. The fourth-order valence-corrected chi connectivity index (χ4v) is 2.51. The molecule has 0 amide bonds. The van der Waals surface area contributed by atoms with Gasteiger partial charge in [-0.3, -0.25) is 0 Å². The van der Waals surface area contributed by atoms with Crippen LogP contribution in [0.1, 0.15) is 84.0 Å². The largest absolute Gasteiger partial charge is 0.395 e. The van der Waals surface area contributed by atoms with Crippen molar-refractivity contribution in [3.05, 3.63) is 0 Å². The first-order chi connectivity index (χ1) is 9.31.